The van der Waals surface area contributed by atoms with Crippen LogP contribution in [-0.2, 0) is 0 Å². The Labute approximate surface area is 169 Å². The molecule has 0 radical (unpaired) electrons. The standard InChI is InChI=1S/C19H18IN3O2S/c1-25-15-7-4-8-16-17(15)21-19(26-16)23-11-9-22(10-12-23)18(24)13-5-2-3-6-14(13)20/h2-8H,9-12H2,1H3. The van der Waals surface area contributed by atoms with Gasteiger partial charge in [-0.25, -0.2) is 4.98 Å². The van der Waals surface area contributed by atoms with E-state index in [1.165, 1.54) is 0 Å². The Morgan fingerprint density at radius 2 is 1.88 bits per heavy atom. The molecule has 7 heteroatoms. The second-order valence-electron chi connectivity index (χ2n) is 6.06. The van der Waals surface area contributed by atoms with E-state index in [0.717, 1.165) is 43.3 Å². The molecule has 0 N–H and O–H groups in total. The summed E-state index contributed by atoms with van der Waals surface area (Å²) in [5.41, 5.74) is 1.69. The molecule has 3 aromatic rings. The number of halogens is 1. The van der Waals surface area contributed by atoms with E-state index in [2.05, 4.69) is 33.6 Å². The van der Waals surface area contributed by atoms with Crippen molar-refractivity contribution in [2.45, 2.75) is 0 Å². The number of nitrogens with zero attached hydrogens (tertiary/aromatic N) is 3. The number of rotatable bonds is 3. The topological polar surface area (TPSA) is 45.7 Å². The average Bonchev–Trinajstić information content (AvgIpc) is 3.12. The minimum atomic E-state index is 0.112. The summed E-state index contributed by atoms with van der Waals surface area (Å²) in [6.45, 7) is 2.99. The van der Waals surface area contributed by atoms with Gasteiger partial charge in [0.25, 0.3) is 5.91 Å². The molecule has 0 unspecified atom stereocenters. The molecule has 1 aliphatic rings. The van der Waals surface area contributed by atoms with Crippen molar-refractivity contribution in [3.05, 3.63) is 51.6 Å². The SMILES string of the molecule is COc1cccc2sc(N3CCN(C(=O)c4ccccc4I)CC3)nc12. The largest absolute Gasteiger partial charge is 0.494 e. The number of fused-ring (bicyclic) bond motifs is 1. The van der Waals surface area contributed by atoms with Crippen LogP contribution < -0.4 is 9.64 Å². The van der Waals surface area contributed by atoms with Gasteiger partial charge in [-0.05, 0) is 46.9 Å². The quantitative estimate of drug-likeness (QED) is 0.536. The van der Waals surface area contributed by atoms with Crippen LogP contribution >= 0.6 is 33.9 Å². The maximum atomic E-state index is 12.8. The Kier molecular flexibility index (Phi) is 4.99. The molecule has 0 saturated carbocycles. The lowest BCUT2D eigenvalue weighted by atomic mass is 10.2. The Morgan fingerprint density at radius 1 is 1.12 bits per heavy atom. The van der Waals surface area contributed by atoms with Crippen molar-refractivity contribution in [2.75, 3.05) is 38.2 Å². The van der Waals surface area contributed by atoms with E-state index in [-0.39, 0.29) is 5.91 Å². The molecule has 2 aromatic carbocycles. The third-order valence-corrected chi connectivity index (χ3v) is 6.55. The first-order valence-corrected chi connectivity index (χ1v) is 10.3. The zero-order valence-electron chi connectivity index (χ0n) is 14.3. The van der Waals surface area contributed by atoms with Gasteiger partial charge < -0.3 is 14.5 Å². The smallest absolute Gasteiger partial charge is 0.255 e. The number of thiazole rings is 1. The summed E-state index contributed by atoms with van der Waals surface area (Å²) >= 11 is 3.89. The number of carbonyl (C=O) groups is 1. The zero-order chi connectivity index (χ0) is 18.1. The molecule has 1 fully saturated rings. The molecule has 2 heterocycles. The van der Waals surface area contributed by atoms with Gasteiger partial charge in [0.2, 0.25) is 0 Å². The van der Waals surface area contributed by atoms with Crippen molar-refractivity contribution >= 4 is 55.2 Å². The molecule has 1 amide bonds. The molecule has 1 aromatic heterocycles. The number of benzene rings is 2. The second kappa shape index (κ2) is 7.40. The van der Waals surface area contributed by atoms with Gasteiger partial charge in [0.1, 0.15) is 11.3 Å². The Bertz CT molecular complexity index is 951. The lowest BCUT2D eigenvalue weighted by Gasteiger charge is -2.34. The fourth-order valence-electron chi connectivity index (χ4n) is 3.12. The first kappa shape index (κ1) is 17.5. The highest BCUT2D eigenvalue weighted by molar-refractivity contribution is 14.1. The molecular formula is C19H18IN3O2S. The van der Waals surface area contributed by atoms with Crippen molar-refractivity contribution in [3.8, 4) is 5.75 Å². The van der Waals surface area contributed by atoms with Crippen LogP contribution in [0.25, 0.3) is 10.2 Å². The van der Waals surface area contributed by atoms with Crippen LogP contribution in [0.1, 0.15) is 10.4 Å². The molecule has 0 atom stereocenters. The average molecular weight is 479 g/mol. The zero-order valence-corrected chi connectivity index (χ0v) is 17.3. The van der Waals surface area contributed by atoms with E-state index < -0.39 is 0 Å². The molecule has 5 nitrogen and oxygen atoms in total. The first-order chi connectivity index (χ1) is 12.7. The fourth-order valence-corrected chi connectivity index (χ4v) is 4.77. The Balaban J connectivity index is 1.49. The van der Waals surface area contributed by atoms with Crippen LogP contribution in [0.4, 0.5) is 5.13 Å². The fraction of sp³-hybridized carbons (Fsp3) is 0.263. The summed E-state index contributed by atoms with van der Waals surface area (Å²) in [7, 11) is 1.67. The van der Waals surface area contributed by atoms with Gasteiger partial charge in [0.05, 0.1) is 17.4 Å². The minimum absolute atomic E-state index is 0.112. The minimum Gasteiger partial charge on any atom is -0.494 e. The predicted octanol–water partition coefficient (Wildman–Crippen LogP) is 3.87. The highest BCUT2D eigenvalue weighted by Gasteiger charge is 2.25. The van der Waals surface area contributed by atoms with Crippen molar-refractivity contribution in [1.82, 2.24) is 9.88 Å². The van der Waals surface area contributed by atoms with E-state index in [4.69, 9.17) is 9.72 Å². The Hall–Kier alpha value is -1.87. The van der Waals surface area contributed by atoms with Crippen LogP contribution in [0, 0.1) is 3.57 Å². The monoisotopic (exact) mass is 479 g/mol. The number of hydrogen-bond acceptors (Lipinski definition) is 5. The van der Waals surface area contributed by atoms with Gasteiger partial charge in [0.15, 0.2) is 5.13 Å². The highest BCUT2D eigenvalue weighted by Crippen LogP contribution is 2.34. The van der Waals surface area contributed by atoms with E-state index >= 15 is 0 Å². The maximum Gasteiger partial charge on any atom is 0.255 e. The van der Waals surface area contributed by atoms with E-state index in [1.54, 1.807) is 18.4 Å². The number of carbonyl (C=O) groups excluding carboxylic acids is 1. The van der Waals surface area contributed by atoms with Gasteiger partial charge in [-0.15, -0.1) is 0 Å². The predicted molar refractivity (Wildman–Crippen MR) is 113 cm³/mol. The summed E-state index contributed by atoms with van der Waals surface area (Å²) in [5, 5.41) is 0.992. The number of anilines is 1. The van der Waals surface area contributed by atoms with E-state index in [0.29, 0.717) is 13.1 Å². The number of aromatic nitrogens is 1. The van der Waals surface area contributed by atoms with Crippen molar-refractivity contribution in [3.63, 3.8) is 0 Å². The number of ether oxygens (including phenoxy) is 1. The van der Waals surface area contributed by atoms with E-state index in [1.807, 2.05) is 41.3 Å². The number of amides is 1. The molecular weight excluding hydrogens is 461 g/mol. The molecule has 26 heavy (non-hydrogen) atoms. The number of hydrogen-bond donors (Lipinski definition) is 0. The number of piperazine rings is 1. The van der Waals surface area contributed by atoms with Crippen LogP contribution in [0.2, 0.25) is 0 Å². The summed E-state index contributed by atoms with van der Waals surface area (Å²) in [4.78, 5) is 21.7. The highest BCUT2D eigenvalue weighted by atomic mass is 127. The summed E-state index contributed by atoms with van der Waals surface area (Å²) in [6.07, 6.45) is 0. The second-order valence-corrected chi connectivity index (χ2v) is 8.23. The van der Waals surface area contributed by atoms with Crippen LogP contribution in [0.3, 0.4) is 0 Å². The van der Waals surface area contributed by atoms with E-state index in [9.17, 15) is 4.79 Å². The normalized spacial score (nSPS) is 14.7. The van der Waals surface area contributed by atoms with Gasteiger partial charge in [-0.3, -0.25) is 4.79 Å². The first-order valence-electron chi connectivity index (χ1n) is 8.39. The number of methoxy groups -OCH3 is 1. The molecule has 1 aliphatic heterocycles. The van der Waals surface area contributed by atoms with Crippen molar-refractivity contribution in [2.24, 2.45) is 0 Å². The third-order valence-electron chi connectivity index (χ3n) is 4.53. The third kappa shape index (κ3) is 3.25. The molecule has 0 aliphatic carbocycles. The van der Waals surface area contributed by atoms with Crippen molar-refractivity contribution in [1.29, 1.82) is 0 Å². The lowest BCUT2D eigenvalue weighted by Crippen LogP contribution is -2.48. The van der Waals surface area contributed by atoms with Crippen LogP contribution in [-0.4, -0.2) is 49.1 Å². The number of para-hydroxylation sites is 1. The van der Waals surface area contributed by atoms with Crippen LogP contribution in [0.15, 0.2) is 42.5 Å². The molecule has 0 spiro atoms. The molecule has 4 rings (SSSR count). The molecule has 134 valence electrons. The lowest BCUT2D eigenvalue weighted by molar-refractivity contribution is 0.0745. The molecule has 0 bridgehead atoms. The van der Waals surface area contributed by atoms with Gasteiger partial charge >= 0.3 is 0 Å². The van der Waals surface area contributed by atoms with Gasteiger partial charge in [0, 0.05) is 29.7 Å². The Morgan fingerprint density at radius 3 is 2.62 bits per heavy atom. The van der Waals surface area contributed by atoms with Gasteiger partial charge in [-0.2, -0.15) is 0 Å². The van der Waals surface area contributed by atoms with Gasteiger partial charge in [-0.1, -0.05) is 29.5 Å². The van der Waals surface area contributed by atoms with Crippen molar-refractivity contribution < 1.29 is 9.53 Å². The van der Waals surface area contributed by atoms with Crippen LogP contribution in [0.5, 0.6) is 5.75 Å². The summed E-state index contributed by atoms with van der Waals surface area (Å²) in [6, 6.07) is 13.7. The molecule has 1 saturated heterocycles. The summed E-state index contributed by atoms with van der Waals surface area (Å²) in [5.74, 6) is 0.915. The summed E-state index contributed by atoms with van der Waals surface area (Å²) < 4.78 is 7.53. The maximum absolute atomic E-state index is 12.8.